The summed E-state index contributed by atoms with van der Waals surface area (Å²) < 4.78 is 11.6. The van der Waals surface area contributed by atoms with Crippen LogP contribution in [-0.4, -0.2) is 31.2 Å². The number of hydrogen-bond acceptors (Lipinski definition) is 3. The third-order valence-electron chi connectivity index (χ3n) is 5.10. The molecule has 1 unspecified atom stereocenters. The average Bonchev–Trinajstić information content (AvgIpc) is 3.04. The van der Waals surface area contributed by atoms with Gasteiger partial charge in [-0.3, -0.25) is 4.79 Å². The second-order valence-electron chi connectivity index (χ2n) is 6.79. The number of halogens is 1. The molecule has 0 saturated carbocycles. The van der Waals surface area contributed by atoms with E-state index in [1.54, 1.807) is 32.4 Å². The summed E-state index contributed by atoms with van der Waals surface area (Å²) in [4.78, 5) is 16.3. The maximum atomic E-state index is 12.8. The summed E-state index contributed by atoms with van der Waals surface area (Å²) in [6.45, 7) is 0. The van der Waals surface area contributed by atoms with E-state index in [0.717, 1.165) is 29.3 Å². The number of aromatic amines is 1. The van der Waals surface area contributed by atoms with Crippen molar-refractivity contribution >= 4 is 32.7 Å². The fraction of sp³-hybridized carbons (Fsp3) is 0.286. The number of H-pyrrole nitrogens is 1. The molecule has 2 aromatic carbocycles. The maximum absolute atomic E-state index is 12.8. The van der Waals surface area contributed by atoms with E-state index >= 15 is 0 Å². The Morgan fingerprint density at radius 3 is 2.59 bits per heavy atom. The first-order valence-electron chi connectivity index (χ1n) is 8.90. The minimum atomic E-state index is -0.110. The largest absolute Gasteiger partial charge is 0.497 e. The van der Waals surface area contributed by atoms with Crippen molar-refractivity contribution in [3.8, 4) is 11.5 Å². The van der Waals surface area contributed by atoms with Gasteiger partial charge in [-0.05, 0) is 55.2 Å². The molecule has 1 heterocycles. The Kier molecular flexibility index (Phi) is 4.83. The van der Waals surface area contributed by atoms with Crippen molar-refractivity contribution < 1.29 is 14.3 Å². The van der Waals surface area contributed by atoms with Crippen molar-refractivity contribution in [1.29, 1.82) is 0 Å². The molecule has 5 nitrogen and oxygen atoms in total. The normalized spacial score (nSPS) is 16.0. The monoisotopic (exact) mass is 428 g/mol. The van der Waals surface area contributed by atoms with Gasteiger partial charge in [-0.25, -0.2) is 0 Å². The molecule has 0 spiro atoms. The Labute approximate surface area is 166 Å². The molecule has 1 aliphatic rings. The van der Waals surface area contributed by atoms with Gasteiger partial charge in [0, 0.05) is 38.7 Å². The molecular formula is C21H21BrN2O3. The van der Waals surface area contributed by atoms with Crippen LogP contribution in [0.4, 0.5) is 0 Å². The highest BCUT2D eigenvalue weighted by Crippen LogP contribution is 2.31. The summed E-state index contributed by atoms with van der Waals surface area (Å²) in [6, 6.07) is 11.6. The van der Waals surface area contributed by atoms with Crippen LogP contribution in [0.25, 0.3) is 10.9 Å². The lowest BCUT2D eigenvalue weighted by Gasteiger charge is -2.24. The van der Waals surface area contributed by atoms with Crippen LogP contribution in [0.3, 0.4) is 0 Å². The Morgan fingerprint density at radius 2 is 1.89 bits per heavy atom. The first kappa shape index (κ1) is 17.9. The molecular weight excluding hydrogens is 408 g/mol. The highest BCUT2D eigenvalue weighted by Gasteiger charge is 2.24. The predicted octanol–water partition coefficient (Wildman–Crippen LogP) is 4.23. The molecule has 0 saturated heterocycles. The van der Waals surface area contributed by atoms with Crippen molar-refractivity contribution in [1.82, 2.24) is 10.3 Å². The van der Waals surface area contributed by atoms with Crippen LogP contribution < -0.4 is 14.8 Å². The number of rotatable bonds is 4. The highest BCUT2D eigenvalue weighted by molar-refractivity contribution is 9.10. The lowest BCUT2D eigenvalue weighted by Crippen LogP contribution is -2.38. The average molecular weight is 429 g/mol. The lowest BCUT2D eigenvalue weighted by atomic mass is 9.91. The molecule has 1 amide bonds. The second-order valence-corrected chi connectivity index (χ2v) is 7.70. The van der Waals surface area contributed by atoms with E-state index in [1.807, 2.05) is 6.07 Å². The minimum absolute atomic E-state index is 0.0974. The molecule has 6 heteroatoms. The van der Waals surface area contributed by atoms with Gasteiger partial charge in [0.05, 0.1) is 14.2 Å². The van der Waals surface area contributed by atoms with Crippen molar-refractivity contribution in [2.75, 3.05) is 14.2 Å². The smallest absolute Gasteiger partial charge is 0.251 e. The highest BCUT2D eigenvalue weighted by atomic mass is 79.9. The topological polar surface area (TPSA) is 63.4 Å². The number of aryl methyl sites for hydroxylation is 1. The number of nitrogens with one attached hydrogen (secondary N) is 2. The third-order valence-corrected chi connectivity index (χ3v) is 5.59. The molecule has 0 fully saturated rings. The number of carbonyl (C=O) groups is 1. The van der Waals surface area contributed by atoms with Gasteiger partial charge in [0.1, 0.15) is 11.5 Å². The SMILES string of the molecule is COc1cc(OC)cc(C(=O)NC2CCc3[nH]c4ccc(Br)cc4c3C2)c1. The summed E-state index contributed by atoms with van der Waals surface area (Å²) in [6.07, 6.45) is 2.65. The van der Waals surface area contributed by atoms with Crippen LogP contribution in [0.2, 0.25) is 0 Å². The Morgan fingerprint density at radius 1 is 1.15 bits per heavy atom. The van der Waals surface area contributed by atoms with E-state index in [2.05, 4.69) is 38.4 Å². The summed E-state index contributed by atoms with van der Waals surface area (Å²) in [5.74, 6) is 1.10. The zero-order valence-electron chi connectivity index (χ0n) is 15.3. The number of aromatic nitrogens is 1. The summed E-state index contributed by atoms with van der Waals surface area (Å²) in [5, 5.41) is 4.40. The van der Waals surface area contributed by atoms with Crippen LogP contribution >= 0.6 is 15.9 Å². The Hall–Kier alpha value is -2.47. The molecule has 140 valence electrons. The number of ether oxygens (including phenoxy) is 2. The number of hydrogen-bond donors (Lipinski definition) is 2. The van der Waals surface area contributed by atoms with E-state index in [4.69, 9.17) is 9.47 Å². The summed E-state index contributed by atoms with van der Waals surface area (Å²) >= 11 is 3.55. The van der Waals surface area contributed by atoms with Gasteiger partial charge < -0.3 is 19.8 Å². The molecule has 0 radical (unpaired) electrons. The standard InChI is InChI=1S/C21H21BrN2O3/c1-26-15-7-12(8-16(11-15)27-2)21(25)23-14-4-6-20-18(10-14)17-9-13(22)3-5-19(17)24-20/h3,5,7-9,11,14,24H,4,6,10H2,1-2H3,(H,23,25). The molecule has 4 rings (SSSR count). The zero-order valence-corrected chi connectivity index (χ0v) is 16.9. The van der Waals surface area contributed by atoms with Gasteiger partial charge in [-0.2, -0.15) is 0 Å². The van der Waals surface area contributed by atoms with Gasteiger partial charge in [0.25, 0.3) is 5.91 Å². The van der Waals surface area contributed by atoms with Gasteiger partial charge in [-0.15, -0.1) is 0 Å². The molecule has 3 aromatic rings. The molecule has 1 aliphatic carbocycles. The Balaban J connectivity index is 1.55. The third kappa shape index (κ3) is 3.54. The molecule has 27 heavy (non-hydrogen) atoms. The van der Waals surface area contributed by atoms with Crippen molar-refractivity contribution in [2.45, 2.75) is 25.3 Å². The van der Waals surface area contributed by atoms with E-state index in [-0.39, 0.29) is 11.9 Å². The fourth-order valence-electron chi connectivity index (χ4n) is 3.72. The van der Waals surface area contributed by atoms with Crippen molar-refractivity contribution in [3.05, 3.63) is 57.7 Å². The van der Waals surface area contributed by atoms with Gasteiger partial charge in [0.2, 0.25) is 0 Å². The maximum Gasteiger partial charge on any atom is 0.251 e. The second kappa shape index (κ2) is 7.27. The molecule has 1 aromatic heterocycles. The van der Waals surface area contributed by atoms with E-state index in [0.29, 0.717) is 17.1 Å². The number of carbonyl (C=O) groups excluding carboxylic acids is 1. The molecule has 0 bridgehead atoms. The lowest BCUT2D eigenvalue weighted by molar-refractivity contribution is 0.0933. The summed E-state index contributed by atoms with van der Waals surface area (Å²) in [5.41, 5.74) is 4.26. The van der Waals surface area contributed by atoms with Crippen molar-refractivity contribution in [3.63, 3.8) is 0 Å². The number of amides is 1. The van der Waals surface area contributed by atoms with E-state index in [9.17, 15) is 4.79 Å². The van der Waals surface area contributed by atoms with Crippen LogP contribution in [0, 0.1) is 0 Å². The van der Waals surface area contributed by atoms with E-state index < -0.39 is 0 Å². The minimum Gasteiger partial charge on any atom is -0.497 e. The van der Waals surface area contributed by atoms with Crippen LogP contribution in [0.1, 0.15) is 28.0 Å². The number of fused-ring (bicyclic) bond motifs is 3. The van der Waals surface area contributed by atoms with Crippen molar-refractivity contribution in [2.24, 2.45) is 0 Å². The zero-order chi connectivity index (χ0) is 19.0. The van der Waals surface area contributed by atoms with Crippen LogP contribution in [-0.2, 0) is 12.8 Å². The van der Waals surface area contributed by atoms with E-state index in [1.165, 1.54) is 16.6 Å². The number of methoxy groups -OCH3 is 2. The number of benzene rings is 2. The van der Waals surface area contributed by atoms with Crippen LogP contribution in [0.5, 0.6) is 11.5 Å². The first-order valence-corrected chi connectivity index (χ1v) is 9.69. The first-order chi connectivity index (χ1) is 13.1. The van der Waals surface area contributed by atoms with Crippen LogP contribution in [0.15, 0.2) is 40.9 Å². The summed E-state index contributed by atoms with van der Waals surface area (Å²) in [7, 11) is 3.16. The Bertz CT molecular complexity index is 990. The predicted molar refractivity (Wildman–Crippen MR) is 109 cm³/mol. The van der Waals surface area contributed by atoms with Gasteiger partial charge >= 0.3 is 0 Å². The molecule has 2 N–H and O–H groups in total. The quantitative estimate of drug-likeness (QED) is 0.653. The molecule has 0 aliphatic heterocycles. The fourth-order valence-corrected chi connectivity index (χ4v) is 4.08. The van der Waals surface area contributed by atoms with Gasteiger partial charge in [-0.1, -0.05) is 15.9 Å². The molecule has 1 atom stereocenters. The van der Waals surface area contributed by atoms with Gasteiger partial charge in [0.15, 0.2) is 0 Å².